The maximum atomic E-state index is 5.45. The van der Waals surface area contributed by atoms with E-state index in [4.69, 9.17) is 9.47 Å². The normalized spacial score (nSPS) is 10.5. The van der Waals surface area contributed by atoms with Crippen molar-refractivity contribution in [2.24, 2.45) is 0 Å². The Morgan fingerprint density at radius 2 is 1.73 bits per heavy atom. The van der Waals surface area contributed by atoms with E-state index in [0.717, 1.165) is 19.4 Å². The Morgan fingerprint density at radius 3 is 2.40 bits per heavy atom. The molecule has 0 heterocycles. The van der Waals surface area contributed by atoms with Crippen molar-refractivity contribution in [3.05, 3.63) is 35.4 Å². The van der Waals surface area contributed by atoms with Gasteiger partial charge in [0.15, 0.2) is 0 Å². The van der Waals surface area contributed by atoms with E-state index in [9.17, 15) is 0 Å². The van der Waals surface area contributed by atoms with E-state index in [2.05, 4.69) is 31.2 Å². The van der Waals surface area contributed by atoms with Crippen molar-refractivity contribution in [3.63, 3.8) is 0 Å². The van der Waals surface area contributed by atoms with Crippen molar-refractivity contribution in [1.82, 2.24) is 0 Å². The average molecular weight is 208 g/mol. The van der Waals surface area contributed by atoms with E-state index in [0.29, 0.717) is 13.2 Å². The van der Waals surface area contributed by atoms with Crippen molar-refractivity contribution < 1.29 is 9.47 Å². The molecular formula is C13H20O2. The lowest BCUT2D eigenvalue weighted by atomic mass is 10.0. The first-order chi connectivity index (χ1) is 7.38. The molecule has 0 amide bonds. The largest absolute Gasteiger partial charge is 0.382 e. The predicted octanol–water partition coefficient (Wildman–Crippen LogP) is 2.45. The average Bonchev–Trinajstić information content (AvgIpc) is 2.29. The van der Waals surface area contributed by atoms with Gasteiger partial charge in [0.25, 0.3) is 0 Å². The second-order valence-corrected chi connectivity index (χ2v) is 3.48. The van der Waals surface area contributed by atoms with Crippen molar-refractivity contribution in [3.8, 4) is 0 Å². The molecule has 0 unspecified atom stereocenters. The van der Waals surface area contributed by atoms with Gasteiger partial charge in [-0.05, 0) is 24.0 Å². The predicted molar refractivity (Wildman–Crippen MR) is 62.2 cm³/mol. The first-order valence-corrected chi connectivity index (χ1v) is 5.52. The Morgan fingerprint density at radius 1 is 1.00 bits per heavy atom. The molecule has 0 aromatic heterocycles. The molecular weight excluding hydrogens is 188 g/mol. The Labute approximate surface area is 92.2 Å². The summed E-state index contributed by atoms with van der Waals surface area (Å²) in [7, 11) is 1.69. The molecule has 2 heteroatoms. The highest BCUT2D eigenvalue weighted by Crippen LogP contribution is 2.09. The zero-order chi connectivity index (χ0) is 10.9. The van der Waals surface area contributed by atoms with Crippen LogP contribution >= 0.6 is 0 Å². The van der Waals surface area contributed by atoms with E-state index in [1.54, 1.807) is 7.11 Å². The topological polar surface area (TPSA) is 18.5 Å². The van der Waals surface area contributed by atoms with Crippen molar-refractivity contribution in [2.45, 2.75) is 19.8 Å². The van der Waals surface area contributed by atoms with E-state index in [-0.39, 0.29) is 0 Å². The van der Waals surface area contributed by atoms with Gasteiger partial charge in [0.2, 0.25) is 0 Å². The molecule has 0 radical (unpaired) electrons. The molecule has 15 heavy (non-hydrogen) atoms. The molecule has 0 aliphatic heterocycles. The molecule has 0 aliphatic carbocycles. The quantitative estimate of drug-likeness (QED) is 0.641. The van der Waals surface area contributed by atoms with Gasteiger partial charge in [-0.1, -0.05) is 31.2 Å². The fraction of sp³-hybridized carbons (Fsp3) is 0.538. The van der Waals surface area contributed by atoms with Crippen LogP contribution in [0.25, 0.3) is 0 Å². The van der Waals surface area contributed by atoms with Crippen molar-refractivity contribution >= 4 is 0 Å². The molecule has 1 rings (SSSR count). The molecule has 0 fully saturated rings. The van der Waals surface area contributed by atoms with Gasteiger partial charge in [0, 0.05) is 7.11 Å². The maximum Gasteiger partial charge on any atom is 0.0700 e. The fourth-order valence-electron chi connectivity index (χ4n) is 1.57. The van der Waals surface area contributed by atoms with E-state index in [1.807, 2.05) is 0 Å². The first-order valence-electron chi connectivity index (χ1n) is 5.52. The van der Waals surface area contributed by atoms with Crippen LogP contribution in [0.15, 0.2) is 24.3 Å². The lowest BCUT2D eigenvalue weighted by molar-refractivity contribution is 0.0722. The molecule has 0 aliphatic rings. The van der Waals surface area contributed by atoms with Gasteiger partial charge in [-0.2, -0.15) is 0 Å². The molecule has 84 valence electrons. The lowest BCUT2D eigenvalue weighted by Crippen LogP contribution is -2.06. The van der Waals surface area contributed by atoms with E-state index in [1.165, 1.54) is 11.1 Å². The number of rotatable bonds is 7. The molecule has 0 saturated carbocycles. The summed E-state index contributed by atoms with van der Waals surface area (Å²) in [5, 5.41) is 0. The summed E-state index contributed by atoms with van der Waals surface area (Å²) < 4.78 is 10.4. The number of benzene rings is 1. The van der Waals surface area contributed by atoms with Gasteiger partial charge in [0.1, 0.15) is 0 Å². The Bertz CT molecular complexity index is 271. The smallest absolute Gasteiger partial charge is 0.0700 e. The second kappa shape index (κ2) is 7.43. The monoisotopic (exact) mass is 208 g/mol. The number of hydrogen-bond acceptors (Lipinski definition) is 2. The van der Waals surface area contributed by atoms with E-state index < -0.39 is 0 Å². The molecule has 0 N–H and O–H groups in total. The number of ether oxygens (including phenoxy) is 2. The molecule has 0 bridgehead atoms. The minimum absolute atomic E-state index is 0.676. The van der Waals surface area contributed by atoms with Gasteiger partial charge in [-0.15, -0.1) is 0 Å². The van der Waals surface area contributed by atoms with Crippen LogP contribution < -0.4 is 0 Å². The van der Waals surface area contributed by atoms with Crippen LogP contribution in [-0.2, 0) is 22.3 Å². The number of aryl methyl sites for hydroxylation is 1. The van der Waals surface area contributed by atoms with Gasteiger partial charge >= 0.3 is 0 Å². The van der Waals surface area contributed by atoms with Crippen molar-refractivity contribution in [2.75, 3.05) is 26.9 Å². The molecule has 0 spiro atoms. The highest BCUT2D eigenvalue weighted by Gasteiger charge is 1.98. The van der Waals surface area contributed by atoms with Gasteiger partial charge in [-0.3, -0.25) is 0 Å². The SMILES string of the molecule is CCc1ccccc1CCOCCOC. The number of hydrogen-bond donors (Lipinski definition) is 0. The Kier molecular flexibility index (Phi) is 6.05. The van der Waals surface area contributed by atoms with Crippen LogP contribution in [0.5, 0.6) is 0 Å². The zero-order valence-electron chi connectivity index (χ0n) is 9.66. The summed E-state index contributed by atoms with van der Waals surface area (Å²) in [6, 6.07) is 8.54. The molecule has 0 atom stereocenters. The van der Waals surface area contributed by atoms with Gasteiger partial charge in [0.05, 0.1) is 19.8 Å². The Balaban J connectivity index is 2.30. The lowest BCUT2D eigenvalue weighted by Gasteiger charge is -2.07. The summed E-state index contributed by atoms with van der Waals surface area (Å²) >= 11 is 0. The zero-order valence-corrected chi connectivity index (χ0v) is 9.66. The first kappa shape index (κ1) is 12.2. The molecule has 2 nitrogen and oxygen atoms in total. The summed E-state index contributed by atoms with van der Waals surface area (Å²) in [6.45, 7) is 4.32. The van der Waals surface area contributed by atoms with Crippen LogP contribution in [0.4, 0.5) is 0 Å². The van der Waals surface area contributed by atoms with Crippen LogP contribution in [0.2, 0.25) is 0 Å². The van der Waals surface area contributed by atoms with Crippen LogP contribution in [0, 0.1) is 0 Å². The molecule has 1 aromatic rings. The standard InChI is InChI=1S/C13H20O2/c1-3-12-6-4-5-7-13(12)8-9-15-11-10-14-2/h4-7H,3,8-11H2,1-2H3. The highest BCUT2D eigenvalue weighted by atomic mass is 16.5. The third kappa shape index (κ3) is 4.45. The van der Waals surface area contributed by atoms with Crippen molar-refractivity contribution in [1.29, 1.82) is 0 Å². The summed E-state index contributed by atoms with van der Waals surface area (Å²) in [5.41, 5.74) is 2.82. The van der Waals surface area contributed by atoms with Crippen LogP contribution in [0.1, 0.15) is 18.1 Å². The highest BCUT2D eigenvalue weighted by molar-refractivity contribution is 5.27. The minimum Gasteiger partial charge on any atom is -0.382 e. The molecule has 0 saturated heterocycles. The fourth-order valence-corrected chi connectivity index (χ4v) is 1.57. The third-order valence-electron chi connectivity index (χ3n) is 2.45. The van der Waals surface area contributed by atoms with Crippen LogP contribution in [0.3, 0.4) is 0 Å². The maximum absolute atomic E-state index is 5.45. The third-order valence-corrected chi connectivity index (χ3v) is 2.45. The summed E-state index contributed by atoms with van der Waals surface area (Å²) in [6.07, 6.45) is 2.09. The second-order valence-electron chi connectivity index (χ2n) is 3.48. The van der Waals surface area contributed by atoms with Crippen LogP contribution in [-0.4, -0.2) is 26.9 Å². The van der Waals surface area contributed by atoms with Gasteiger partial charge in [-0.25, -0.2) is 0 Å². The Hall–Kier alpha value is -0.860. The molecule has 1 aromatic carbocycles. The van der Waals surface area contributed by atoms with Gasteiger partial charge < -0.3 is 9.47 Å². The number of methoxy groups -OCH3 is 1. The van der Waals surface area contributed by atoms with E-state index >= 15 is 0 Å². The minimum atomic E-state index is 0.676. The summed E-state index contributed by atoms with van der Waals surface area (Å²) in [4.78, 5) is 0. The summed E-state index contributed by atoms with van der Waals surface area (Å²) in [5.74, 6) is 0.